The van der Waals surface area contributed by atoms with Crippen LogP contribution in [0.1, 0.15) is 5.56 Å². The molecule has 0 aliphatic carbocycles. The second kappa shape index (κ2) is 8.06. The molecule has 5 nitrogen and oxygen atoms in total. The number of hydrogen-bond donors (Lipinski definition) is 0. The molecule has 32 heavy (non-hydrogen) atoms. The summed E-state index contributed by atoms with van der Waals surface area (Å²) in [6, 6.07) is 9.50. The van der Waals surface area contributed by atoms with E-state index in [1.54, 1.807) is 0 Å². The lowest BCUT2D eigenvalue weighted by molar-refractivity contribution is -0.136. The first-order chi connectivity index (χ1) is 15.2. The van der Waals surface area contributed by atoms with Gasteiger partial charge in [0.1, 0.15) is 5.82 Å². The number of halogens is 6. The van der Waals surface area contributed by atoms with E-state index in [4.69, 9.17) is 4.74 Å². The average Bonchev–Trinajstić information content (AvgIpc) is 3.16. The Labute approximate surface area is 176 Å². The molecule has 4 rings (SSSR count). The van der Waals surface area contributed by atoms with Crippen LogP contribution >= 0.6 is 0 Å². The van der Waals surface area contributed by atoms with Crippen LogP contribution < -0.4 is 9.47 Å². The van der Waals surface area contributed by atoms with E-state index in [-0.39, 0.29) is 33.8 Å². The van der Waals surface area contributed by atoms with Crippen molar-refractivity contribution in [3.8, 4) is 28.4 Å². The predicted octanol–water partition coefficient (Wildman–Crippen LogP) is 5.86. The maximum atomic E-state index is 13.8. The van der Waals surface area contributed by atoms with Gasteiger partial charge in [0.15, 0.2) is 17.1 Å². The molecule has 0 fully saturated rings. The summed E-state index contributed by atoms with van der Waals surface area (Å²) in [6.45, 7) is -3.11. The van der Waals surface area contributed by atoms with Crippen molar-refractivity contribution in [3.05, 3.63) is 66.1 Å². The third-order valence-electron chi connectivity index (χ3n) is 4.59. The first kappa shape index (κ1) is 21.5. The summed E-state index contributed by atoms with van der Waals surface area (Å²) < 4.78 is 90.3. The van der Waals surface area contributed by atoms with E-state index >= 15 is 0 Å². The Morgan fingerprint density at radius 3 is 2.31 bits per heavy atom. The fourth-order valence-electron chi connectivity index (χ4n) is 3.17. The number of pyridine rings is 1. The highest BCUT2D eigenvalue weighted by Gasteiger charge is 2.35. The zero-order chi connectivity index (χ0) is 23.0. The largest absolute Gasteiger partial charge is 0.493 e. The number of hydrogen-bond acceptors (Lipinski definition) is 4. The van der Waals surface area contributed by atoms with Crippen LogP contribution in [0.4, 0.5) is 26.3 Å². The molecule has 2 heterocycles. The summed E-state index contributed by atoms with van der Waals surface area (Å²) in [5.41, 5.74) is -0.734. The minimum Gasteiger partial charge on any atom is -0.493 e. The Morgan fingerprint density at radius 2 is 1.69 bits per heavy atom. The van der Waals surface area contributed by atoms with Gasteiger partial charge in [0.2, 0.25) is 0 Å². The second-order valence-electron chi connectivity index (χ2n) is 6.57. The van der Waals surface area contributed by atoms with Gasteiger partial charge in [-0.1, -0.05) is 0 Å². The van der Waals surface area contributed by atoms with Crippen molar-refractivity contribution in [1.82, 2.24) is 14.8 Å². The SMILES string of the molecule is COc1cc(-c2cc(C(F)(F)F)c3cnn(-c4ccc(F)cc4)c3n2)ccc1OC(F)F. The van der Waals surface area contributed by atoms with Gasteiger partial charge in [-0.05, 0) is 48.5 Å². The predicted molar refractivity (Wildman–Crippen MR) is 102 cm³/mol. The number of methoxy groups -OCH3 is 1. The molecule has 2 aromatic heterocycles. The van der Waals surface area contributed by atoms with Crippen molar-refractivity contribution in [2.75, 3.05) is 7.11 Å². The number of rotatable bonds is 5. The quantitative estimate of drug-likeness (QED) is 0.356. The van der Waals surface area contributed by atoms with Crippen LogP contribution in [-0.2, 0) is 6.18 Å². The lowest BCUT2D eigenvalue weighted by Gasteiger charge is -2.14. The van der Waals surface area contributed by atoms with Gasteiger partial charge in [0.05, 0.1) is 35.6 Å². The molecule has 0 atom stereocenters. The molecule has 4 aromatic rings. The minimum absolute atomic E-state index is 0.101. The Bertz CT molecular complexity index is 1270. The standard InChI is InChI=1S/C21H13F6N3O2/c1-31-18-8-11(2-7-17(18)32-20(23)24)16-9-15(21(25,26)27)14-10-28-30(19(14)29-16)13-5-3-12(22)4-6-13/h2-10,20H,1H3. The second-order valence-corrected chi connectivity index (χ2v) is 6.57. The fourth-order valence-corrected chi connectivity index (χ4v) is 3.17. The Morgan fingerprint density at radius 1 is 0.969 bits per heavy atom. The molecule has 2 aromatic carbocycles. The molecule has 0 radical (unpaired) electrons. The fraction of sp³-hybridized carbons (Fsp3) is 0.143. The Kier molecular flexibility index (Phi) is 5.41. The smallest absolute Gasteiger partial charge is 0.417 e. The van der Waals surface area contributed by atoms with Crippen molar-refractivity contribution in [1.29, 1.82) is 0 Å². The van der Waals surface area contributed by atoms with Crippen LogP contribution in [0.15, 0.2) is 54.7 Å². The Balaban J connectivity index is 1.92. The molecule has 0 aliphatic rings. The molecule has 0 N–H and O–H groups in total. The number of aromatic nitrogens is 3. The van der Waals surface area contributed by atoms with Crippen molar-refractivity contribution >= 4 is 11.0 Å². The number of nitrogens with zero attached hydrogens (tertiary/aromatic N) is 3. The summed E-state index contributed by atoms with van der Waals surface area (Å²) in [5.74, 6) is -0.905. The van der Waals surface area contributed by atoms with E-state index in [0.29, 0.717) is 5.69 Å². The average molecular weight is 453 g/mol. The van der Waals surface area contributed by atoms with Gasteiger partial charge < -0.3 is 9.47 Å². The normalized spacial score (nSPS) is 11.9. The first-order valence-electron chi connectivity index (χ1n) is 9.02. The van der Waals surface area contributed by atoms with Gasteiger partial charge in [-0.25, -0.2) is 14.1 Å². The monoisotopic (exact) mass is 453 g/mol. The van der Waals surface area contributed by atoms with Crippen LogP contribution in [-0.4, -0.2) is 28.5 Å². The van der Waals surface area contributed by atoms with E-state index in [2.05, 4.69) is 14.8 Å². The van der Waals surface area contributed by atoms with Crippen molar-refractivity contribution in [2.45, 2.75) is 12.8 Å². The third kappa shape index (κ3) is 4.05. The van der Waals surface area contributed by atoms with Crippen LogP contribution in [0.2, 0.25) is 0 Å². The lowest BCUT2D eigenvalue weighted by Crippen LogP contribution is -2.08. The first-order valence-corrected chi connectivity index (χ1v) is 9.02. The summed E-state index contributed by atoms with van der Waals surface area (Å²) in [6.07, 6.45) is -3.70. The molecule has 0 aliphatic heterocycles. The molecule has 0 amide bonds. The zero-order valence-electron chi connectivity index (χ0n) is 16.2. The number of fused-ring (bicyclic) bond motifs is 1. The van der Waals surface area contributed by atoms with Gasteiger partial charge in [0.25, 0.3) is 0 Å². The van der Waals surface area contributed by atoms with Crippen LogP contribution in [0.3, 0.4) is 0 Å². The number of ether oxygens (including phenoxy) is 2. The summed E-state index contributed by atoms with van der Waals surface area (Å²) in [4.78, 5) is 4.31. The minimum atomic E-state index is -4.73. The molecular weight excluding hydrogens is 440 g/mol. The van der Waals surface area contributed by atoms with Crippen molar-refractivity contribution in [2.24, 2.45) is 0 Å². The van der Waals surface area contributed by atoms with Gasteiger partial charge in [0, 0.05) is 5.56 Å². The van der Waals surface area contributed by atoms with E-state index < -0.39 is 24.2 Å². The van der Waals surface area contributed by atoms with Gasteiger partial charge in [-0.15, -0.1) is 0 Å². The van der Waals surface area contributed by atoms with Crippen LogP contribution in [0.25, 0.3) is 28.0 Å². The van der Waals surface area contributed by atoms with Gasteiger partial charge in [-0.3, -0.25) is 0 Å². The van der Waals surface area contributed by atoms with Gasteiger partial charge >= 0.3 is 12.8 Å². The molecule has 166 valence electrons. The molecule has 0 bridgehead atoms. The number of alkyl halides is 5. The highest BCUT2D eigenvalue weighted by Crippen LogP contribution is 2.39. The summed E-state index contributed by atoms with van der Waals surface area (Å²) >= 11 is 0. The van der Waals surface area contributed by atoms with Crippen LogP contribution in [0, 0.1) is 5.82 Å². The van der Waals surface area contributed by atoms with E-state index in [1.807, 2.05) is 0 Å². The van der Waals surface area contributed by atoms with Crippen molar-refractivity contribution in [3.63, 3.8) is 0 Å². The van der Waals surface area contributed by atoms with E-state index in [9.17, 15) is 26.3 Å². The molecule has 11 heteroatoms. The van der Waals surface area contributed by atoms with Crippen LogP contribution in [0.5, 0.6) is 11.5 Å². The Hall–Kier alpha value is -3.76. The molecule has 0 spiro atoms. The van der Waals surface area contributed by atoms with Gasteiger partial charge in [-0.2, -0.15) is 27.1 Å². The molecule has 0 saturated carbocycles. The summed E-state index contributed by atoms with van der Waals surface area (Å²) in [5, 5.41) is 3.73. The van der Waals surface area contributed by atoms with E-state index in [1.165, 1.54) is 31.4 Å². The highest BCUT2D eigenvalue weighted by atomic mass is 19.4. The zero-order valence-corrected chi connectivity index (χ0v) is 16.2. The number of benzene rings is 2. The van der Waals surface area contributed by atoms with E-state index in [0.717, 1.165) is 35.1 Å². The maximum absolute atomic E-state index is 13.8. The topological polar surface area (TPSA) is 49.2 Å². The lowest BCUT2D eigenvalue weighted by atomic mass is 10.1. The molecular formula is C21H13F6N3O2. The maximum Gasteiger partial charge on any atom is 0.417 e. The molecule has 0 saturated heterocycles. The molecule has 0 unspecified atom stereocenters. The summed E-state index contributed by atoms with van der Waals surface area (Å²) in [7, 11) is 1.21. The van der Waals surface area contributed by atoms with Crippen molar-refractivity contribution < 1.29 is 35.8 Å². The third-order valence-corrected chi connectivity index (χ3v) is 4.59. The highest BCUT2D eigenvalue weighted by molar-refractivity contribution is 5.84.